The van der Waals surface area contributed by atoms with E-state index in [1.54, 1.807) is 36.4 Å². The quantitative estimate of drug-likeness (QED) is 0.298. The third-order valence-electron chi connectivity index (χ3n) is 5.15. The first-order valence-electron chi connectivity index (χ1n) is 10.8. The lowest BCUT2D eigenvalue weighted by molar-refractivity contribution is -0.112. The minimum Gasteiger partial charge on any atom is -0.491 e. The molecule has 7 heteroatoms. The van der Waals surface area contributed by atoms with E-state index in [0.29, 0.717) is 17.0 Å². The first-order valence-corrected chi connectivity index (χ1v) is 10.8. The van der Waals surface area contributed by atoms with Crippen molar-refractivity contribution < 1.29 is 19.1 Å². The Bertz CT molecular complexity index is 1280. The van der Waals surface area contributed by atoms with Gasteiger partial charge in [0.25, 0.3) is 5.91 Å². The van der Waals surface area contributed by atoms with Gasteiger partial charge in [-0.25, -0.2) is 4.79 Å². The fourth-order valence-electron chi connectivity index (χ4n) is 3.62. The molecule has 174 valence electrons. The Morgan fingerprint density at radius 3 is 2.41 bits per heavy atom. The Hall–Kier alpha value is -4.31. The van der Waals surface area contributed by atoms with Crippen molar-refractivity contribution in [2.24, 2.45) is 0 Å². The predicted molar refractivity (Wildman–Crippen MR) is 131 cm³/mol. The number of hydrogen-bond acceptors (Lipinski definition) is 5. The summed E-state index contributed by atoms with van der Waals surface area (Å²) in [4.78, 5) is 24.5. The molecule has 0 aliphatic rings. The number of hydrogen-bond donors (Lipinski definition) is 1. The van der Waals surface area contributed by atoms with Crippen LogP contribution in [0.3, 0.4) is 0 Å². The smallest absolute Gasteiger partial charge is 0.337 e. The average Bonchev–Trinajstić information content (AvgIpc) is 3.09. The van der Waals surface area contributed by atoms with Crippen LogP contribution in [0.5, 0.6) is 5.75 Å². The maximum absolute atomic E-state index is 12.8. The van der Waals surface area contributed by atoms with Crippen molar-refractivity contribution in [1.82, 2.24) is 4.57 Å². The largest absolute Gasteiger partial charge is 0.491 e. The van der Waals surface area contributed by atoms with Crippen molar-refractivity contribution in [3.05, 3.63) is 82.7 Å². The molecule has 7 nitrogen and oxygen atoms in total. The highest BCUT2D eigenvalue weighted by atomic mass is 16.5. The molecule has 1 amide bonds. The van der Waals surface area contributed by atoms with E-state index in [1.807, 2.05) is 62.6 Å². The van der Waals surface area contributed by atoms with Gasteiger partial charge in [-0.05, 0) is 81.8 Å². The molecule has 0 bridgehead atoms. The van der Waals surface area contributed by atoms with Crippen molar-refractivity contribution in [3.63, 3.8) is 0 Å². The van der Waals surface area contributed by atoms with Gasteiger partial charge < -0.3 is 19.4 Å². The Balaban J connectivity index is 1.86. The number of anilines is 1. The number of esters is 1. The van der Waals surface area contributed by atoms with Crippen LogP contribution in [0.25, 0.3) is 11.8 Å². The van der Waals surface area contributed by atoms with Crippen LogP contribution in [-0.4, -0.2) is 29.7 Å². The van der Waals surface area contributed by atoms with Crippen LogP contribution < -0.4 is 10.1 Å². The Labute approximate surface area is 199 Å². The molecule has 1 N–H and O–H groups in total. The van der Waals surface area contributed by atoms with E-state index in [-0.39, 0.29) is 11.7 Å². The van der Waals surface area contributed by atoms with Crippen LogP contribution in [0.2, 0.25) is 0 Å². The zero-order valence-electron chi connectivity index (χ0n) is 19.9. The molecule has 0 aliphatic carbocycles. The summed E-state index contributed by atoms with van der Waals surface area (Å²) in [5, 5.41) is 12.4. The van der Waals surface area contributed by atoms with Crippen molar-refractivity contribution in [1.29, 1.82) is 5.26 Å². The van der Waals surface area contributed by atoms with E-state index < -0.39 is 11.9 Å². The number of amides is 1. The van der Waals surface area contributed by atoms with E-state index in [2.05, 4.69) is 5.32 Å². The number of nitrogens with one attached hydrogen (secondary N) is 1. The van der Waals surface area contributed by atoms with E-state index in [9.17, 15) is 14.9 Å². The van der Waals surface area contributed by atoms with Crippen LogP contribution in [0.1, 0.15) is 41.2 Å². The number of ether oxygens (including phenoxy) is 2. The van der Waals surface area contributed by atoms with Gasteiger partial charge in [-0.2, -0.15) is 5.26 Å². The Morgan fingerprint density at radius 1 is 1.09 bits per heavy atom. The minimum absolute atomic E-state index is 0.00689. The molecule has 3 aromatic rings. The van der Waals surface area contributed by atoms with Gasteiger partial charge in [0, 0.05) is 28.8 Å². The first-order chi connectivity index (χ1) is 16.2. The lowest BCUT2D eigenvalue weighted by Crippen LogP contribution is -2.14. The van der Waals surface area contributed by atoms with E-state index in [1.165, 1.54) is 7.11 Å². The van der Waals surface area contributed by atoms with Crippen LogP contribution in [0, 0.1) is 25.2 Å². The van der Waals surface area contributed by atoms with Crippen LogP contribution in [0.15, 0.2) is 60.2 Å². The number of aryl methyl sites for hydroxylation is 1. The Morgan fingerprint density at radius 2 is 1.79 bits per heavy atom. The normalized spacial score (nSPS) is 11.1. The molecule has 2 aromatic carbocycles. The SMILES string of the molecule is COC(=O)c1ccc(-n2c(C)cc(/C=C(/C#N)C(=O)Nc3cccc(OC(C)C)c3)c2C)cc1. The molecular weight excluding hydrogens is 430 g/mol. The summed E-state index contributed by atoms with van der Waals surface area (Å²) >= 11 is 0. The van der Waals surface area contributed by atoms with Crippen molar-refractivity contribution >= 4 is 23.6 Å². The lowest BCUT2D eigenvalue weighted by atomic mass is 10.1. The number of carbonyl (C=O) groups is 2. The maximum Gasteiger partial charge on any atom is 0.337 e. The second kappa shape index (κ2) is 10.5. The van der Waals surface area contributed by atoms with Crippen molar-refractivity contribution in [2.45, 2.75) is 33.8 Å². The molecule has 1 heterocycles. The number of benzene rings is 2. The van der Waals surface area contributed by atoms with Crippen molar-refractivity contribution in [2.75, 3.05) is 12.4 Å². The standard InChI is InChI=1S/C27H27N3O4/c1-17(2)34-25-8-6-7-23(15-25)29-26(31)22(16-28)14-21-13-18(3)30(19(21)4)24-11-9-20(10-12-24)27(32)33-5/h6-15,17H,1-5H3,(H,29,31)/b22-14-. The summed E-state index contributed by atoms with van der Waals surface area (Å²) in [5.41, 5.74) is 4.37. The summed E-state index contributed by atoms with van der Waals surface area (Å²) in [6.45, 7) is 7.69. The molecule has 1 aromatic heterocycles. The second-order valence-corrected chi connectivity index (χ2v) is 8.02. The highest BCUT2D eigenvalue weighted by Crippen LogP contribution is 2.24. The summed E-state index contributed by atoms with van der Waals surface area (Å²) in [6, 6.07) is 18.0. The molecule has 0 unspecified atom stereocenters. The maximum atomic E-state index is 12.8. The molecule has 0 atom stereocenters. The van der Waals surface area contributed by atoms with Gasteiger partial charge in [0.15, 0.2) is 0 Å². The molecule has 3 rings (SSSR count). The van der Waals surface area contributed by atoms with Crippen LogP contribution >= 0.6 is 0 Å². The molecular formula is C27H27N3O4. The van der Waals surface area contributed by atoms with Gasteiger partial charge in [-0.3, -0.25) is 4.79 Å². The number of carbonyl (C=O) groups excluding carboxylic acids is 2. The number of rotatable bonds is 7. The van der Waals surface area contributed by atoms with Crippen LogP contribution in [0.4, 0.5) is 5.69 Å². The molecule has 0 spiro atoms. The summed E-state index contributed by atoms with van der Waals surface area (Å²) in [7, 11) is 1.34. The van der Waals surface area contributed by atoms with Gasteiger partial charge in [0.2, 0.25) is 0 Å². The number of nitrogens with zero attached hydrogens (tertiary/aromatic N) is 2. The highest BCUT2D eigenvalue weighted by molar-refractivity contribution is 6.09. The van der Waals surface area contributed by atoms with Crippen molar-refractivity contribution in [3.8, 4) is 17.5 Å². The van der Waals surface area contributed by atoms with E-state index >= 15 is 0 Å². The molecule has 0 aliphatic heterocycles. The predicted octanol–water partition coefficient (Wildman–Crippen LogP) is 5.21. The van der Waals surface area contributed by atoms with Gasteiger partial charge in [-0.1, -0.05) is 6.07 Å². The summed E-state index contributed by atoms with van der Waals surface area (Å²) in [6.07, 6.45) is 1.58. The average molecular weight is 458 g/mol. The topological polar surface area (TPSA) is 93.4 Å². The molecule has 0 saturated heterocycles. The third-order valence-corrected chi connectivity index (χ3v) is 5.15. The third kappa shape index (κ3) is 5.54. The van der Waals surface area contributed by atoms with E-state index in [4.69, 9.17) is 9.47 Å². The molecule has 0 radical (unpaired) electrons. The number of aromatic nitrogens is 1. The fraction of sp³-hybridized carbons (Fsp3) is 0.222. The van der Waals surface area contributed by atoms with E-state index in [0.717, 1.165) is 22.6 Å². The monoisotopic (exact) mass is 457 g/mol. The van der Waals surface area contributed by atoms with Crippen LogP contribution in [-0.2, 0) is 9.53 Å². The van der Waals surface area contributed by atoms with Gasteiger partial charge in [0.05, 0.1) is 18.8 Å². The number of nitriles is 1. The fourth-order valence-corrected chi connectivity index (χ4v) is 3.62. The zero-order chi connectivity index (χ0) is 24.8. The first kappa shape index (κ1) is 24.3. The summed E-state index contributed by atoms with van der Waals surface area (Å²) < 4.78 is 12.4. The number of methoxy groups -OCH3 is 1. The van der Waals surface area contributed by atoms with Gasteiger partial charge in [-0.15, -0.1) is 0 Å². The zero-order valence-corrected chi connectivity index (χ0v) is 19.9. The lowest BCUT2D eigenvalue weighted by Gasteiger charge is -2.11. The summed E-state index contributed by atoms with van der Waals surface area (Å²) in [5.74, 6) is -0.268. The van der Waals surface area contributed by atoms with Gasteiger partial charge in [0.1, 0.15) is 17.4 Å². The second-order valence-electron chi connectivity index (χ2n) is 8.02. The molecule has 0 saturated carbocycles. The van der Waals surface area contributed by atoms with Gasteiger partial charge >= 0.3 is 5.97 Å². The Kier molecular flexibility index (Phi) is 7.54. The minimum atomic E-state index is -0.503. The molecule has 0 fully saturated rings. The highest BCUT2D eigenvalue weighted by Gasteiger charge is 2.15. The molecule has 34 heavy (non-hydrogen) atoms.